The van der Waals surface area contributed by atoms with Crippen LogP contribution < -0.4 is 5.46 Å². The molecule has 18 heavy (non-hydrogen) atoms. The summed E-state index contributed by atoms with van der Waals surface area (Å²) in [5.74, 6) is 0. The van der Waals surface area contributed by atoms with Crippen LogP contribution >= 0.6 is 11.6 Å². The molecule has 1 aromatic carbocycles. The van der Waals surface area contributed by atoms with Crippen LogP contribution in [0.2, 0.25) is 5.02 Å². The average molecular weight is 271 g/mol. The van der Waals surface area contributed by atoms with E-state index in [-0.39, 0.29) is 0 Å². The van der Waals surface area contributed by atoms with Crippen LogP contribution in [0.15, 0.2) is 18.2 Å². The molecule has 0 bridgehead atoms. The van der Waals surface area contributed by atoms with Crippen LogP contribution in [0.3, 0.4) is 0 Å². The van der Waals surface area contributed by atoms with E-state index in [0.717, 1.165) is 5.56 Å². The molecule has 3 nitrogen and oxygen atoms in total. The molecule has 1 aromatic rings. The molecule has 0 amide bonds. The maximum absolute atomic E-state index is 10.1. The second-order valence-corrected chi connectivity index (χ2v) is 5.97. The predicted octanol–water partition coefficient (Wildman–Crippen LogP) is 1.90. The SMILES string of the molecule is Cc1ccc(B(O)OC(C)(C)C(C)(C)O)c(Cl)c1. The number of rotatable bonds is 4. The van der Waals surface area contributed by atoms with Gasteiger partial charge >= 0.3 is 7.12 Å². The molecule has 0 saturated heterocycles. The molecule has 0 spiro atoms. The third-order valence-corrected chi connectivity index (χ3v) is 3.63. The molecule has 0 radical (unpaired) electrons. The Labute approximate surface area is 114 Å². The summed E-state index contributed by atoms with van der Waals surface area (Å²) in [5.41, 5.74) is -0.469. The van der Waals surface area contributed by atoms with Crippen molar-refractivity contribution in [1.29, 1.82) is 0 Å². The minimum atomic E-state index is -1.17. The van der Waals surface area contributed by atoms with E-state index in [1.165, 1.54) is 0 Å². The van der Waals surface area contributed by atoms with Gasteiger partial charge in [0.1, 0.15) is 0 Å². The molecule has 2 N–H and O–H groups in total. The largest absolute Gasteiger partial charge is 0.493 e. The number of hydrogen-bond acceptors (Lipinski definition) is 3. The average Bonchev–Trinajstić information content (AvgIpc) is 2.14. The van der Waals surface area contributed by atoms with Crippen LogP contribution in [0.5, 0.6) is 0 Å². The van der Waals surface area contributed by atoms with E-state index in [2.05, 4.69) is 0 Å². The molecule has 0 atom stereocenters. The van der Waals surface area contributed by atoms with E-state index in [0.29, 0.717) is 10.5 Å². The Balaban J connectivity index is 2.92. The molecule has 100 valence electrons. The van der Waals surface area contributed by atoms with Crippen molar-refractivity contribution in [2.45, 2.75) is 45.8 Å². The Bertz CT molecular complexity index is 427. The fraction of sp³-hybridized carbons (Fsp3) is 0.538. The molecule has 0 fully saturated rings. The molecule has 0 saturated carbocycles. The Hall–Kier alpha value is -0.545. The third kappa shape index (κ3) is 3.48. The Morgan fingerprint density at radius 3 is 2.22 bits per heavy atom. The molecule has 1 rings (SSSR count). The Morgan fingerprint density at radius 2 is 1.78 bits per heavy atom. The highest BCUT2D eigenvalue weighted by Crippen LogP contribution is 2.25. The van der Waals surface area contributed by atoms with Crippen molar-refractivity contribution in [3.63, 3.8) is 0 Å². The summed E-state index contributed by atoms with van der Waals surface area (Å²) in [5, 5.41) is 20.5. The van der Waals surface area contributed by atoms with Crippen molar-refractivity contribution < 1.29 is 14.8 Å². The molecular weight excluding hydrogens is 250 g/mol. The maximum Gasteiger partial charge on any atom is 0.493 e. The van der Waals surface area contributed by atoms with Crippen molar-refractivity contribution in [2.75, 3.05) is 0 Å². The van der Waals surface area contributed by atoms with Crippen LogP contribution in [0.1, 0.15) is 33.3 Å². The number of aliphatic hydroxyl groups is 1. The van der Waals surface area contributed by atoms with Gasteiger partial charge in [-0.1, -0.05) is 23.7 Å². The van der Waals surface area contributed by atoms with E-state index in [4.69, 9.17) is 16.3 Å². The van der Waals surface area contributed by atoms with Gasteiger partial charge in [-0.05, 0) is 46.2 Å². The van der Waals surface area contributed by atoms with Gasteiger partial charge in [0.15, 0.2) is 0 Å². The molecule has 0 aliphatic heterocycles. The van der Waals surface area contributed by atoms with Gasteiger partial charge < -0.3 is 14.8 Å². The first kappa shape index (κ1) is 15.5. The fourth-order valence-electron chi connectivity index (χ4n) is 1.32. The quantitative estimate of drug-likeness (QED) is 0.822. The van der Waals surface area contributed by atoms with Crippen LogP contribution in [-0.4, -0.2) is 28.5 Å². The summed E-state index contributed by atoms with van der Waals surface area (Å²) < 4.78 is 5.53. The van der Waals surface area contributed by atoms with Crippen LogP contribution in [0.25, 0.3) is 0 Å². The van der Waals surface area contributed by atoms with E-state index < -0.39 is 18.3 Å². The molecule has 0 unspecified atom stereocenters. The first-order chi connectivity index (χ1) is 8.04. The van der Waals surface area contributed by atoms with Gasteiger partial charge in [-0.3, -0.25) is 0 Å². The van der Waals surface area contributed by atoms with Crippen molar-refractivity contribution >= 4 is 24.2 Å². The minimum absolute atomic E-state index is 0.453. The lowest BCUT2D eigenvalue weighted by molar-refractivity contribution is -0.0982. The zero-order valence-electron chi connectivity index (χ0n) is 11.5. The van der Waals surface area contributed by atoms with E-state index >= 15 is 0 Å². The van der Waals surface area contributed by atoms with Crippen molar-refractivity contribution in [3.05, 3.63) is 28.8 Å². The lowest BCUT2D eigenvalue weighted by Gasteiger charge is -2.38. The molecule has 0 aliphatic rings. The number of benzene rings is 1. The van der Waals surface area contributed by atoms with Gasteiger partial charge in [-0.15, -0.1) is 0 Å². The maximum atomic E-state index is 10.1. The van der Waals surface area contributed by atoms with Crippen molar-refractivity contribution in [1.82, 2.24) is 0 Å². The van der Waals surface area contributed by atoms with Crippen molar-refractivity contribution in [2.24, 2.45) is 0 Å². The third-order valence-electron chi connectivity index (χ3n) is 3.30. The molecular formula is C13H20BClO3. The summed E-state index contributed by atoms with van der Waals surface area (Å²) in [6.07, 6.45) is 0. The lowest BCUT2D eigenvalue weighted by atomic mass is 9.76. The second-order valence-electron chi connectivity index (χ2n) is 5.56. The Morgan fingerprint density at radius 1 is 1.22 bits per heavy atom. The predicted molar refractivity (Wildman–Crippen MR) is 75.3 cm³/mol. The molecule has 0 aromatic heterocycles. The Kier molecular flexibility index (Phi) is 4.49. The van der Waals surface area contributed by atoms with Gasteiger partial charge in [-0.25, -0.2) is 0 Å². The summed E-state index contributed by atoms with van der Waals surface area (Å²) in [6.45, 7) is 8.63. The van der Waals surface area contributed by atoms with Gasteiger partial charge in [0.05, 0.1) is 11.2 Å². The van der Waals surface area contributed by atoms with E-state index in [9.17, 15) is 10.1 Å². The highest BCUT2D eigenvalue weighted by Gasteiger charge is 2.39. The fourth-order valence-corrected chi connectivity index (χ4v) is 1.65. The lowest BCUT2D eigenvalue weighted by Crippen LogP contribution is -2.53. The van der Waals surface area contributed by atoms with E-state index in [1.54, 1.807) is 39.8 Å². The molecule has 5 heteroatoms. The zero-order chi connectivity index (χ0) is 14.1. The van der Waals surface area contributed by atoms with Crippen LogP contribution in [0, 0.1) is 6.92 Å². The standard InChI is InChI=1S/C13H20BClO3/c1-9-6-7-10(11(15)8-9)14(17)18-13(4,5)12(2,3)16/h6-8,16-17H,1-5H3. The van der Waals surface area contributed by atoms with Crippen molar-refractivity contribution in [3.8, 4) is 0 Å². The van der Waals surface area contributed by atoms with Crippen LogP contribution in [0.4, 0.5) is 0 Å². The number of halogens is 1. The highest BCUT2D eigenvalue weighted by atomic mass is 35.5. The summed E-state index contributed by atoms with van der Waals surface area (Å²) >= 11 is 6.06. The summed E-state index contributed by atoms with van der Waals surface area (Å²) in [6, 6.07) is 5.34. The summed E-state index contributed by atoms with van der Waals surface area (Å²) in [7, 11) is -1.17. The molecule has 0 aliphatic carbocycles. The first-order valence-corrected chi connectivity index (χ1v) is 6.27. The first-order valence-electron chi connectivity index (χ1n) is 5.89. The molecule has 0 heterocycles. The number of aryl methyl sites for hydroxylation is 1. The topological polar surface area (TPSA) is 49.7 Å². The second kappa shape index (κ2) is 5.21. The zero-order valence-corrected chi connectivity index (χ0v) is 12.2. The normalized spacial score (nSPS) is 12.7. The van der Waals surface area contributed by atoms with Gasteiger partial charge in [-0.2, -0.15) is 0 Å². The highest BCUT2D eigenvalue weighted by molar-refractivity contribution is 6.64. The number of hydrogen-bond donors (Lipinski definition) is 2. The smallest absolute Gasteiger partial charge is 0.423 e. The van der Waals surface area contributed by atoms with Gasteiger partial charge in [0.2, 0.25) is 0 Å². The summed E-state index contributed by atoms with van der Waals surface area (Å²) in [4.78, 5) is 0. The van der Waals surface area contributed by atoms with Crippen LogP contribution in [-0.2, 0) is 4.65 Å². The van der Waals surface area contributed by atoms with Gasteiger partial charge in [0.25, 0.3) is 0 Å². The van der Waals surface area contributed by atoms with Gasteiger partial charge in [0, 0.05) is 10.5 Å². The van der Waals surface area contributed by atoms with E-state index in [1.807, 2.05) is 13.0 Å². The minimum Gasteiger partial charge on any atom is -0.423 e. The monoisotopic (exact) mass is 270 g/mol.